The van der Waals surface area contributed by atoms with Gasteiger partial charge in [-0.1, -0.05) is 27.7 Å². The summed E-state index contributed by atoms with van der Waals surface area (Å²) in [5, 5.41) is 0. The lowest BCUT2D eigenvalue weighted by atomic mass is 10.1. The molecule has 0 aliphatic heterocycles. The van der Waals surface area contributed by atoms with Gasteiger partial charge in [0, 0.05) is 32.7 Å². The predicted molar refractivity (Wildman–Crippen MR) is 111 cm³/mol. The van der Waals surface area contributed by atoms with Crippen molar-refractivity contribution in [1.82, 2.24) is 0 Å². The van der Waals surface area contributed by atoms with E-state index in [1.54, 1.807) is 0 Å². The van der Waals surface area contributed by atoms with Gasteiger partial charge in [0.2, 0.25) is 0 Å². The van der Waals surface area contributed by atoms with Crippen LogP contribution in [-0.4, -0.2) is 44.4 Å². The van der Waals surface area contributed by atoms with Crippen LogP contribution >= 0.6 is 0 Å². The quantitative estimate of drug-likeness (QED) is 0.346. The molecular formula is C22H46O4. The summed E-state index contributed by atoms with van der Waals surface area (Å²) in [6.45, 7) is 19.9. The Bertz CT molecular complexity index is 291. The molecule has 0 N–H and O–H groups in total. The van der Waals surface area contributed by atoms with Crippen LogP contribution in [0.25, 0.3) is 0 Å². The van der Waals surface area contributed by atoms with Gasteiger partial charge in [-0.3, -0.25) is 4.79 Å². The molecule has 0 atom stereocenters. The summed E-state index contributed by atoms with van der Waals surface area (Å²) in [4.78, 5) is 11.4. The number of ether oxygens (including phenoxy) is 3. The third kappa shape index (κ3) is 28.4. The molecule has 0 aliphatic rings. The highest BCUT2D eigenvalue weighted by Gasteiger charge is 2.03. The lowest BCUT2D eigenvalue weighted by Crippen LogP contribution is -2.09. The molecule has 158 valence electrons. The van der Waals surface area contributed by atoms with Crippen molar-refractivity contribution in [3.63, 3.8) is 0 Å². The van der Waals surface area contributed by atoms with Gasteiger partial charge in [0.05, 0.1) is 18.8 Å². The number of hydrogen-bond donors (Lipinski definition) is 0. The van der Waals surface area contributed by atoms with Crippen LogP contribution in [-0.2, 0) is 19.0 Å². The van der Waals surface area contributed by atoms with E-state index in [9.17, 15) is 4.79 Å². The van der Waals surface area contributed by atoms with Crippen molar-refractivity contribution in [1.29, 1.82) is 0 Å². The van der Waals surface area contributed by atoms with Gasteiger partial charge in [-0.15, -0.1) is 0 Å². The number of ketones is 1. The van der Waals surface area contributed by atoms with E-state index >= 15 is 0 Å². The van der Waals surface area contributed by atoms with Crippen LogP contribution in [0.5, 0.6) is 0 Å². The van der Waals surface area contributed by atoms with Gasteiger partial charge >= 0.3 is 0 Å². The second kappa shape index (κ2) is 19.3. The number of carbonyl (C=O) groups is 1. The highest BCUT2D eigenvalue weighted by Crippen LogP contribution is 2.02. The number of Topliss-reactive ketones (excluding diaryl/α,β-unsaturated/α-hetero) is 1. The molecule has 0 aromatic rings. The molecule has 0 aliphatic carbocycles. The van der Waals surface area contributed by atoms with E-state index in [1.807, 2.05) is 13.8 Å². The van der Waals surface area contributed by atoms with Crippen molar-refractivity contribution in [2.75, 3.05) is 26.4 Å². The summed E-state index contributed by atoms with van der Waals surface area (Å²) in [7, 11) is 0. The van der Waals surface area contributed by atoms with Crippen molar-refractivity contribution >= 4 is 5.78 Å². The Hall–Kier alpha value is -0.450. The smallest absolute Gasteiger partial charge is 0.135 e. The van der Waals surface area contributed by atoms with Crippen LogP contribution in [0.3, 0.4) is 0 Å². The standard InChI is InChI=1S/C14H28O3.C8H18O/c1-12(2)7-10-16-9-5-6-14(15)8-11-17-13(3)4;1-7(2)5-6-9-8(3)4/h12-13H,5-11H2,1-4H3;7-8H,5-6H2,1-4H3. The highest BCUT2D eigenvalue weighted by atomic mass is 16.5. The van der Waals surface area contributed by atoms with E-state index < -0.39 is 0 Å². The Kier molecular flexibility index (Phi) is 20.6. The molecule has 0 heterocycles. The van der Waals surface area contributed by atoms with Crippen molar-refractivity contribution in [2.24, 2.45) is 11.8 Å². The minimum atomic E-state index is 0.210. The first-order chi connectivity index (χ1) is 12.1. The molecule has 0 aromatic carbocycles. The summed E-state index contributed by atoms with van der Waals surface area (Å²) in [6, 6.07) is 0. The monoisotopic (exact) mass is 374 g/mol. The zero-order chi connectivity index (χ0) is 20.4. The van der Waals surface area contributed by atoms with Crippen molar-refractivity contribution in [3.8, 4) is 0 Å². The fraction of sp³-hybridized carbons (Fsp3) is 0.955. The minimum absolute atomic E-state index is 0.210. The van der Waals surface area contributed by atoms with Gasteiger partial charge in [0.15, 0.2) is 0 Å². The Morgan fingerprint density at radius 1 is 0.654 bits per heavy atom. The van der Waals surface area contributed by atoms with Gasteiger partial charge in [-0.2, -0.15) is 0 Å². The van der Waals surface area contributed by atoms with E-state index in [4.69, 9.17) is 14.2 Å². The van der Waals surface area contributed by atoms with Gasteiger partial charge in [0.25, 0.3) is 0 Å². The van der Waals surface area contributed by atoms with Crippen molar-refractivity contribution < 1.29 is 19.0 Å². The fourth-order valence-electron chi connectivity index (χ4n) is 1.87. The van der Waals surface area contributed by atoms with E-state index in [0.717, 1.165) is 32.0 Å². The molecule has 0 radical (unpaired) electrons. The molecule has 26 heavy (non-hydrogen) atoms. The zero-order valence-corrected chi connectivity index (χ0v) is 18.8. The van der Waals surface area contributed by atoms with Gasteiger partial charge in [-0.05, 0) is 58.8 Å². The number of carbonyl (C=O) groups excluding carboxylic acids is 1. The Morgan fingerprint density at radius 2 is 1.15 bits per heavy atom. The number of hydrogen-bond acceptors (Lipinski definition) is 4. The minimum Gasteiger partial charge on any atom is -0.381 e. The molecule has 0 saturated heterocycles. The first-order valence-corrected chi connectivity index (χ1v) is 10.5. The van der Waals surface area contributed by atoms with Crippen LogP contribution in [0.2, 0.25) is 0 Å². The average molecular weight is 375 g/mol. The molecule has 0 bridgehead atoms. The highest BCUT2D eigenvalue weighted by molar-refractivity contribution is 5.78. The second-order valence-electron chi connectivity index (χ2n) is 8.21. The lowest BCUT2D eigenvalue weighted by molar-refractivity contribution is -0.120. The molecule has 0 spiro atoms. The topological polar surface area (TPSA) is 44.8 Å². The third-order valence-electron chi connectivity index (χ3n) is 3.56. The Balaban J connectivity index is 0. The van der Waals surface area contributed by atoms with Gasteiger partial charge in [0.1, 0.15) is 5.78 Å². The first-order valence-electron chi connectivity index (χ1n) is 10.5. The molecule has 0 rings (SSSR count). The third-order valence-corrected chi connectivity index (χ3v) is 3.56. The van der Waals surface area contributed by atoms with Crippen molar-refractivity contribution in [3.05, 3.63) is 0 Å². The van der Waals surface area contributed by atoms with E-state index in [0.29, 0.717) is 38.1 Å². The maximum Gasteiger partial charge on any atom is 0.135 e. The molecule has 0 saturated carbocycles. The molecule has 0 unspecified atom stereocenters. The molecule has 4 nitrogen and oxygen atoms in total. The molecule has 0 amide bonds. The first kappa shape index (κ1) is 27.8. The molecule has 0 fully saturated rings. The van der Waals surface area contributed by atoms with Crippen LogP contribution in [0.1, 0.15) is 87.5 Å². The molecule has 0 aromatic heterocycles. The molecular weight excluding hydrogens is 328 g/mol. The molecule has 4 heteroatoms. The van der Waals surface area contributed by atoms with E-state index in [-0.39, 0.29) is 11.9 Å². The van der Waals surface area contributed by atoms with Gasteiger partial charge < -0.3 is 14.2 Å². The summed E-state index contributed by atoms with van der Waals surface area (Å²) in [5.41, 5.74) is 0. The Labute approximate surface area is 163 Å². The van der Waals surface area contributed by atoms with Crippen LogP contribution in [0.15, 0.2) is 0 Å². The maximum atomic E-state index is 11.4. The average Bonchev–Trinajstić information content (AvgIpc) is 2.50. The largest absolute Gasteiger partial charge is 0.381 e. The maximum absolute atomic E-state index is 11.4. The Morgan fingerprint density at radius 3 is 1.65 bits per heavy atom. The normalized spacial score (nSPS) is 11.4. The van der Waals surface area contributed by atoms with E-state index in [2.05, 4.69) is 41.5 Å². The van der Waals surface area contributed by atoms with Crippen molar-refractivity contribution in [2.45, 2.75) is 99.7 Å². The zero-order valence-electron chi connectivity index (χ0n) is 18.8. The SMILES string of the molecule is CC(C)CCOC(C)C.CC(C)CCOCCCC(=O)CCOC(C)C. The predicted octanol–water partition coefficient (Wildman–Crippen LogP) is 5.67. The summed E-state index contributed by atoms with van der Waals surface area (Å²) in [5.74, 6) is 1.73. The second-order valence-corrected chi connectivity index (χ2v) is 8.21. The van der Waals surface area contributed by atoms with E-state index in [1.165, 1.54) is 6.42 Å². The van der Waals surface area contributed by atoms with Gasteiger partial charge in [-0.25, -0.2) is 0 Å². The number of rotatable bonds is 15. The fourth-order valence-corrected chi connectivity index (χ4v) is 1.87. The lowest BCUT2D eigenvalue weighted by Gasteiger charge is -2.08. The van der Waals surface area contributed by atoms with Crippen LogP contribution < -0.4 is 0 Å². The summed E-state index contributed by atoms with van der Waals surface area (Å²) >= 11 is 0. The summed E-state index contributed by atoms with van der Waals surface area (Å²) in [6.07, 6.45) is 4.85. The van der Waals surface area contributed by atoms with Crippen LogP contribution in [0, 0.1) is 11.8 Å². The summed E-state index contributed by atoms with van der Waals surface area (Å²) < 4.78 is 16.1. The van der Waals surface area contributed by atoms with Crippen LogP contribution in [0.4, 0.5) is 0 Å².